The largest absolute Gasteiger partial charge is 0.448 e. The molecule has 182 valence electrons. The number of allylic oxidation sites excluding steroid dienone is 5. The lowest BCUT2D eigenvalue weighted by atomic mass is 10.1. The number of hydrogen-bond acceptors (Lipinski definition) is 6. The molecule has 1 saturated carbocycles. The molecule has 3 aliphatic rings. The zero-order valence-electron chi connectivity index (χ0n) is 19.6. The van der Waals surface area contributed by atoms with E-state index in [1.807, 2.05) is 4.90 Å². The summed E-state index contributed by atoms with van der Waals surface area (Å²) in [5, 5.41) is 2.79. The lowest BCUT2D eigenvalue weighted by Gasteiger charge is -2.39. The smallest absolute Gasteiger partial charge is 0.277 e. The van der Waals surface area contributed by atoms with E-state index in [0.29, 0.717) is 30.4 Å². The minimum Gasteiger partial charge on any atom is -0.448 e. The Hall–Kier alpha value is -3.88. The van der Waals surface area contributed by atoms with E-state index in [1.54, 1.807) is 0 Å². The highest BCUT2D eigenvalue weighted by Gasteiger charge is 2.30. The minimum atomic E-state index is -0.901. The maximum Gasteiger partial charge on any atom is 0.277 e. The van der Waals surface area contributed by atoms with E-state index in [1.165, 1.54) is 29.7 Å². The zero-order chi connectivity index (χ0) is 24.5. The first-order valence-corrected chi connectivity index (χ1v) is 11.8. The topological polar surface area (TPSA) is 105 Å². The Labute approximate surface area is 203 Å². The van der Waals surface area contributed by atoms with Crippen molar-refractivity contribution in [3.8, 4) is 0 Å². The van der Waals surface area contributed by atoms with Crippen LogP contribution in [0.15, 0.2) is 58.4 Å². The molecule has 3 N–H and O–H groups in total. The highest BCUT2D eigenvalue weighted by molar-refractivity contribution is 6.06. The first-order chi connectivity index (χ1) is 16.9. The van der Waals surface area contributed by atoms with Crippen LogP contribution in [0.25, 0.3) is 0 Å². The van der Waals surface area contributed by atoms with Gasteiger partial charge in [0.1, 0.15) is 12.1 Å². The van der Waals surface area contributed by atoms with Gasteiger partial charge in [0.05, 0.1) is 16.9 Å². The first kappa shape index (κ1) is 22.9. The monoisotopic (exact) mass is 477 g/mol. The van der Waals surface area contributed by atoms with Crippen molar-refractivity contribution < 1.29 is 18.4 Å². The third-order valence-corrected chi connectivity index (χ3v) is 6.60. The molecule has 9 heteroatoms. The van der Waals surface area contributed by atoms with E-state index in [0.717, 1.165) is 32.4 Å². The van der Waals surface area contributed by atoms with Gasteiger partial charge in [0.25, 0.3) is 11.8 Å². The predicted molar refractivity (Wildman–Crippen MR) is 131 cm³/mol. The van der Waals surface area contributed by atoms with Crippen molar-refractivity contribution in [2.24, 2.45) is 5.73 Å². The molecule has 5 rings (SSSR count). The Balaban J connectivity index is 1.37. The summed E-state index contributed by atoms with van der Waals surface area (Å²) in [6.07, 6.45) is 12.7. The molecule has 35 heavy (non-hydrogen) atoms. The maximum absolute atomic E-state index is 14.8. The van der Waals surface area contributed by atoms with E-state index in [2.05, 4.69) is 46.4 Å². The number of carbonyl (C=O) groups is 2. The summed E-state index contributed by atoms with van der Waals surface area (Å²) in [5.74, 6) is -1.29. The third-order valence-electron chi connectivity index (χ3n) is 6.60. The van der Waals surface area contributed by atoms with Crippen LogP contribution in [0.5, 0.6) is 0 Å². The van der Waals surface area contributed by atoms with Crippen LogP contribution >= 0.6 is 0 Å². The van der Waals surface area contributed by atoms with Gasteiger partial charge in [-0.1, -0.05) is 18.2 Å². The van der Waals surface area contributed by atoms with Crippen molar-refractivity contribution in [2.45, 2.75) is 32.1 Å². The van der Waals surface area contributed by atoms with Crippen molar-refractivity contribution in [3.63, 3.8) is 0 Å². The summed E-state index contributed by atoms with van der Waals surface area (Å²) in [6.45, 7) is 4.79. The van der Waals surface area contributed by atoms with Crippen LogP contribution in [-0.2, 0) is 0 Å². The summed E-state index contributed by atoms with van der Waals surface area (Å²) in [5.41, 5.74) is 8.44. The number of primary amides is 1. The molecule has 1 aliphatic heterocycles. The second kappa shape index (κ2) is 9.40. The Morgan fingerprint density at radius 3 is 2.63 bits per heavy atom. The predicted octanol–water partition coefficient (Wildman–Crippen LogP) is 3.95. The number of halogens is 1. The van der Waals surface area contributed by atoms with Crippen molar-refractivity contribution in [3.05, 3.63) is 76.9 Å². The number of oxazole rings is 1. The minimum absolute atomic E-state index is 0.142. The van der Waals surface area contributed by atoms with Crippen molar-refractivity contribution in [2.75, 3.05) is 36.4 Å². The molecule has 2 aromatic rings. The van der Waals surface area contributed by atoms with Gasteiger partial charge in [0, 0.05) is 43.9 Å². The number of nitrogens with zero attached hydrogens (tertiary/aromatic N) is 3. The first-order valence-electron chi connectivity index (χ1n) is 11.8. The molecule has 2 fully saturated rings. The van der Waals surface area contributed by atoms with Gasteiger partial charge in [-0.05, 0) is 43.9 Å². The van der Waals surface area contributed by atoms with Gasteiger partial charge in [0.15, 0.2) is 11.6 Å². The number of aromatic nitrogens is 1. The lowest BCUT2D eigenvalue weighted by Crippen LogP contribution is -2.46. The average molecular weight is 478 g/mol. The fourth-order valence-electron chi connectivity index (χ4n) is 4.47. The van der Waals surface area contributed by atoms with Gasteiger partial charge in [-0.25, -0.2) is 9.37 Å². The zero-order valence-corrected chi connectivity index (χ0v) is 19.6. The quantitative estimate of drug-likeness (QED) is 0.653. The van der Waals surface area contributed by atoms with Crippen LogP contribution in [0.2, 0.25) is 0 Å². The molecule has 1 aromatic carbocycles. The van der Waals surface area contributed by atoms with Gasteiger partial charge in [-0.2, -0.15) is 0 Å². The third kappa shape index (κ3) is 4.84. The second-order valence-corrected chi connectivity index (χ2v) is 9.09. The fourth-order valence-corrected chi connectivity index (χ4v) is 4.47. The number of nitrogens with two attached hydrogens (primary N) is 1. The number of benzene rings is 1. The van der Waals surface area contributed by atoms with Crippen molar-refractivity contribution in [1.29, 1.82) is 0 Å². The van der Waals surface area contributed by atoms with E-state index >= 15 is 0 Å². The molecular formula is C26H28FN5O3. The van der Waals surface area contributed by atoms with Gasteiger partial charge in [0.2, 0.25) is 0 Å². The molecule has 1 saturated heterocycles. The standard InChI is InChI=1S/C26H28FN5O3/c1-16-5-3-2-4-6-22(16)31-9-11-32(12-10-31)23-14-19(27)18(24(28)33)13-20(23)29-25(34)21-15-35-26(30-21)17-7-8-17/h2,4-6,13-15,17H,3,7-12H2,1H3,(H2,28,33)(H,29,34). The van der Waals surface area contributed by atoms with Gasteiger partial charge >= 0.3 is 0 Å². The molecule has 2 aliphatic carbocycles. The van der Waals surface area contributed by atoms with Crippen LogP contribution < -0.4 is 16.0 Å². The molecule has 0 atom stereocenters. The highest BCUT2D eigenvalue weighted by atomic mass is 19.1. The SMILES string of the molecule is CC1=CCC=CC=C1N1CCN(c2cc(F)c(C(N)=O)cc2NC(=O)c2coc(C3CC3)n2)CC1. The summed E-state index contributed by atoms with van der Waals surface area (Å²) < 4.78 is 20.2. The van der Waals surface area contributed by atoms with Crippen LogP contribution in [0.3, 0.4) is 0 Å². The maximum atomic E-state index is 14.8. The molecule has 2 heterocycles. The summed E-state index contributed by atoms with van der Waals surface area (Å²) in [6, 6.07) is 2.56. The summed E-state index contributed by atoms with van der Waals surface area (Å²) in [4.78, 5) is 33.3. The van der Waals surface area contributed by atoms with Crippen molar-refractivity contribution >= 4 is 23.2 Å². The number of hydrogen-bond donors (Lipinski definition) is 2. The van der Waals surface area contributed by atoms with E-state index < -0.39 is 17.6 Å². The molecule has 0 unspecified atom stereocenters. The lowest BCUT2D eigenvalue weighted by molar-refractivity contribution is 0.0992. The number of anilines is 2. The molecule has 0 spiro atoms. The van der Waals surface area contributed by atoms with Gasteiger partial charge in [-0.3, -0.25) is 9.59 Å². The molecule has 8 nitrogen and oxygen atoms in total. The van der Waals surface area contributed by atoms with Crippen molar-refractivity contribution in [1.82, 2.24) is 9.88 Å². The average Bonchev–Trinajstić information content (AvgIpc) is 3.62. The number of rotatable bonds is 6. The molecule has 0 bridgehead atoms. The van der Waals surface area contributed by atoms with E-state index in [-0.39, 0.29) is 17.2 Å². The molecule has 0 radical (unpaired) electrons. The Kier molecular flexibility index (Phi) is 6.15. The van der Waals surface area contributed by atoms with Crippen LogP contribution in [0, 0.1) is 5.82 Å². The molecule has 2 amide bonds. The van der Waals surface area contributed by atoms with E-state index in [9.17, 15) is 14.0 Å². The summed E-state index contributed by atoms with van der Waals surface area (Å²) >= 11 is 0. The number of amides is 2. The van der Waals surface area contributed by atoms with Crippen LogP contribution in [-0.4, -0.2) is 47.9 Å². The van der Waals surface area contributed by atoms with Crippen LogP contribution in [0.4, 0.5) is 15.8 Å². The Bertz CT molecular complexity index is 1250. The van der Waals surface area contributed by atoms with E-state index in [4.69, 9.17) is 10.2 Å². The molecule has 1 aromatic heterocycles. The number of carbonyl (C=O) groups excluding carboxylic acids is 2. The second-order valence-electron chi connectivity index (χ2n) is 9.09. The molecular weight excluding hydrogens is 449 g/mol. The fraction of sp³-hybridized carbons (Fsp3) is 0.346. The Morgan fingerprint density at radius 1 is 1.17 bits per heavy atom. The Morgan fingerprint density at radius 2 is 1.91 bits per heavy atom. The highest BCUT2D eigenvalue weighted by Crippen LogP contribution is 2.39. The normalized spacial score (nSPS) is 18.1. The number of nitrogens with one attached hydrogen (secondary N) is 1. The van der Waals surface area contributed by atoms with Crippen LogP contribution in [0.1, 0.15) is 58.8 Å². The van der Waals surface area contributed by atoms with Gasteiger partial charge in [-0.15, -0.1) is 0 Å². The van der Waals surface area contributed by atoms with Gasteiger partial charge < -0.3 is 25.3 Å². The number of piperazine rings is 1. The summed E-state index contributed by atoms with van der Waals surface area (Å²) in [7, 11) is 0.